The fourth-order valence-corrected chi connectivity index (χ4v) is 1.29. The molecule has 1 rings (SSSR count). The van der Waals surface area contributed by atoms with Crippen molar-refractivity contribution in [3.8, 4) is 12.3 Å². The van der Waals surface area contributed by atoms with Crippen molar-refractivity contribution in [1.82, 2.24) is 4.98 Å². The summed E-state index contributed by atoms with van der Waals surface area (Å²) >= 11 is 0. The van der Waals surface area contributed by atoms with Gasteiger partial charge in [-0.15, -0.1) is 6.42 Å². The van der Waals surface area contributed by atoms with Gasteiger partial charge in [0.15, 0.2) is 0 Å². The molecule has 1 N–H and O–H groups in total. The minimum Gasteiger partial charge on any atom is -0.478 e. The maximum Gasteiger partial charge on any atom is 0.335 e. The number of hydrogen-bond donors (Lipinski definition) is 1. The zero-order chi connectivity index (χ0) is 12.1. The van der Waals surface area contributed by atoms with Crippen molar-refractivity contribution < 1.29 is 9.90 Å². The third-order valence-corrected chi connectivity index (χ3v) is 2.19. The molecule has 0 bridgehead atoms. The third-order valence-electron chi connectivity index (χ3n) is 2.19. The monoisotopic (exact) mass is 218 g/mol. The molecule has 0 aliphatic carbocycles. The minimum atomic E-state index is -0.951. The molecule has 4 heteroatoms. The Morgan fingerprint density at radius 2 is 2.31 bits per heavy atom. The van der Waals surface area contributed by atoms with Crippen LogP contribution in [0.2, 0.25) is 0 Å². The summed E-state index contributed by atoms with van der Waals surface area (Å²) in [6.45, 7) is 2.33. The summed E-state index contributed by atoms with van der Waals surface area (Å²) in [4.78, 5) is 17.0. The predicted molar refractivity (Wildman–Crippen MR) is 62.7 cm³/mol. The second-order valence-corrected chi connectivity index (χ2v) is 3.42. The molecule has 0 saturated heterocycles. The van der Waals surface area contributed by atoms with Crippen LogP contribution in [-0.2, 0) is 6.42 Å². The second kappa shape index (κ2) is 5.17. The molecule has 0 spiro atoms. The van der Waals surface area contributed by atoms with E-state index in [1.807, 2.05) is 6.92 Å². The maximum atomic E-state index is 10.9. The quantitative estimate of drug-likeness (QED) is 0.776. The average Bonchev–Trinajstić information content (AvgIpc) is 2.28. The molecule has 0 aliphatic rings. The number of hydrogen-bond acceptors (Lipinski definition) is 3. The maximum absolute atomic E-state index is 10.9. The summed E-state index contributed by atoms with van der Waals surface area (Å²) in [7, 11) is 1.78. The Kier molecular flexibility index (Phi) is 3.90. The number of anilines is 1. The van der Waals surface area contributed by atoms with Crippen molar-refractivity contribution in [3.63, 3.8) is 0 Å². The first-order valence-corrected chi connectivity index (χ1v) is 4.97. The molecule has 1 aromatic rings. The number of terminal acetylenes is 1. The average molecular weight is 218 g/mol. The molecular weight excluding hydrogens is 204 g/mol. The molecule has 0 aromatic carbocycles. The Bertz CT molecular complexity index is 435. The van der Waals surface area contributed by atoms with Gasteiger partial charge in [-0.3, -0.25) is 0 Å². The van der Waals surface area contributed by atoms with Gasteiger partial charge in [-0.1, -0.05) is 12.8 Å². The number of pyridine rings is 1. The van der Waals surface area contributed by atoms with Crippen LogP contribution in [0.15, 0.2) is 12.1 Å². The van der Waals surface area contributed by atoms with Gasteiger partial charge in [0.2, 0.25) is 0 Å². The summed E-state index contributed by atoms with van der Waals surface area (Å²) in [6.07, 6.45) is 5.89. The largest absolute Gasteiger partial charge is 0.478 e. The smallest absolute Gasteiger partial charge is 0.335 e. The van der Waals surface area contributed by atoms with E-state index < -0.39 is 5.97 Å². The van der Waals surface area contributed by atoms with Crippen LogP contribution >= 0.6 is 0 Å². The first kappa shape index (κ1) is 12.1. The lowest BCUT2D eigenvalue weighted by Crippen LogP contribution is -2.19. The Morgan fingerprint density at radius 3 is 2.81 bits per heavy atom. The topological polar surface area (TPSA) is 53.4 Å². The predicted octanol–water partition coefficient (Wildman–Crippen LogP) is 1.41. The number of carboxylic acid groups (broad SMARTS) is 1. The van der Waals surface area contributed by atoms with Gasteiger partial charge in [-0.25, -0.2) is 9.78 Å². The van der Waals surface area contributed by atoms with Crippen LogP contribution in [0, 0.1) is 12.3 Å². The number of nitrogens with zero attached hydrogens (tertiary/aromatic N) is 2. The molecule has 0 amide bonds. The fraction of sp³-hybridized carbons (Fsp3) is 0.333. The molecule has 0 atom stereocenters. The van der Waals surface area contributed by atoms with Gasteiger partial charge >= 0.3 is 5.97 Å². The molecule has 84 valence electrons. The van der Waals surface area contributed by atoms with E-state index >= 15 is 0 Å². The van der Waals surface area contributed by atoms with E-state index in [0.29, 0.717) is 18.8 Å². The Labute approximate surface area is 94.9 Å². The number of aromatic carboxylic acids is 1. The molecule has 0 aliphatic heterocycles. The molecular formula is C12H14N2O2. The van der Waals surface area contributed by atoms with Gasteiger partial charge in [-0.2, -0.15) is 0 Å². The minimum absolute atomic E-state index is 0.241. The van der Waals surface area contributed by atoms with Gasteiger partial charge < -0.3 is 10.0 Å². The zero-order valence-corrected chi connectivity index (χ0v) is 9.40. The highest BCUT2D eigenvalue weighted by molar-refractivity contribution is 5.88. The SMILES string of the molecule is C#CCN(C)c1cc(C(=O)O)cc(CC)n1. The summed E-state index contributed by atoms with van der Waals surface area (Å²) in [5.41, 5.74) is 0.990. The van der Waals surface area contributed by atoms with Crippen LogP contribution in [0.1, 0.15) is 23.0 Å². The van der Waals surface area contributed by atoms with Gasteiger partial charge in [-0.05, 0) is 18.6 Å². The first-order chi connectivity index (χ1) is 7.58. The van der Waals surface area contributed by atoms with Crippen molar-refractivity contribution in [2.45, 2.75) is 13.3 Å². The van der Waals surface area contributed by atoms with Crippen molar-refractivity contribution in [2.75, 3.05) is 18.5 Å². The standard InChI is InChI=1S/C12H14N2O2/c1-4-6-14(3)11-8-9(12(15)16)7-10(5-2)13-11/h1,7-8H,5-6H2,2-3H3,(H,15,16). The van der Waals surface area contributed by atoms with E-state index in [9.17, 15) is 4.79 Å². The Balaban J connectivity index is 3.14. The molecule has 1 aromatic heterocycles. The van der Waals surface area contributed by atoms with Crippen molar-refractivity contribution in [1.29, 1.82) is 0 Å². The number of aromatic nitrogens is 1. The fourth-order valence-electron chi connectivity index (χ4n) is 1.29. The Hall–Kier alpha value is -2.02. The molecule has 1 heterocycles. The molecule has 0 fully saturated rings. The van der Waals surface area contributed by atoms with Crippen LogP contribution in [0.25, 0.3) is 0 Å². The van der Waals surface area contributed by atoms with Gasteiger partial charge in [0.05, 0.1) is 12.1 Å². The number of carbonyl (C=O) groups is 1. The van der Waals surface area contributed by atoms with Crippen LogP contribution in [0.4, 0.5) is 5.82 Å². The molecule has 16 heavy (non-hydrogen) atoms. The first-order valence-electron chi connectivity index (χ1n) is 4.97. The van der Waals surface area contributed by atoms with E-state index in [4.69, 9.17) is 11.5 Å². The number of aryl methyl sites for hydroxylation is 1. The van der Waals surface area contributed by atoms with Crippen molar-refractivity contribution in [3.05, 3.63) is 23.4 Å². The summed E-state index contributed by atoms with van der Waals surface area (Å²) in [6, 6.07) is 3.11. The van der Waals surface area contributed by atoms with Crippen molar-refractivity contribution >= 4 is 11.8 Å². The summed E-state index contributed by atoms with van der Waals surface area (Å²) < 4.78 is 0. The van der Waals surface area contributed by atoms with Crippen LogP contribution in [0.5, 0.6) is 0 Å². The lowest BCUT2D eigenvalue weighted by atomic mass is 10.2. The molecule has 0 unspecified atom stereocenters. The highest BCUT2D eigenvalue weighted by Gasteiger charge is 2.09. The lowest BCUT2D eigenvalue weighted by Gasteiger charge is -2.16. The zero-order valence-electron chi connectivity index (χ0n) is 9.40. The van der Waals surface area contributed by atoms with E-state index in [1.54, 1.807) is 18.0 Å². The summed E-state index contributed by atoms with van der Waals surface area (Å²) in [5, 5.41) is 8.95. The second-order valence-electron chi connectivity index (χ2n) is 3.42. The van der Waals surface area contributed by atoms with E-state index in [1.165, 1.54) is 6.07 Å². The van der Waals surface area contributed by atoms with Gasteiger partial charge in [0, 0.05) is 12.7 Å². The normalized spacial score (nSPS) is 9.56. The van der Waals surface area contributed by atoms with Crippen LogP contribution in [-0.4, -0.2) is 29.7 Å². The van der Waals surface area contributed by atoms with Crippen LogP contribution in [0.3, 0.4) is 0 Å². The highest BCUT2D eigenvalue weighted by Crippen LogP contribution is 2.14. The number of carboxylic acids is 1. The lowest BCUT2D eigenvalue weighted by molar-refractivity contribution is 0.0696. The molecule has 0 saturated carbocycles. The van der Waals surface area contributed by atoms with E-state index in [0.717, 1.165) is 5.69 Å². The Morgan fingerprint density at radius 1 is 1.62 bits per heavy atom. The van der Waals surface area contributed by atoms with Crippen molar-refractivity contribution in [2.24, 2.45) is 0 Å². The van der Waals surface area contributed by atoms with Gasteiger partial charge in [0.1, 0.15) is 5.82 Å². The summed E-state index contributed by atoms with van der Waals surface area (Å²) in [5.74, 6) is 2.13. The van der Waals surface area contributed by atoms with E-state index in [-0.39, 0.29) is 5.56 Å². The van der Waals surface area contributed by atoms with Crippen LogP contribution < -0.4 is 4.90 Å². The number of rotatable bonds is 4. The molecule has 0 radical (unpaired) electrons. The third kappa shape index (κ3) is 2.74. The van der Waals surface area contributed by atoms with Gasteiger partial charge in [0.25, 0.3) is 0 Å². The molecule has 4 nitrogen and oxygen atoms in total. The highest BCUT2D eigenvalue weighted by atomic mass is 16.4. The van der Waals surface area contributed by atoms with E-state index in [2.05, 4.69) is 10.9 Å².